The number of anilines is 1. The summed E-state index contributed by atoms with van der Waals surface area (Å²) >= 11 is 0. The van der Waals surface area contributed by atoms with Crippen molar-refractivity contribution in [2.45, 2.75) is 19.4 Å². The van der Waals surface area contributed by atoms with E-state index in [9.17, 15) is 14.4 Å². The van der Waals surface area contributed by atoms with E-state index >= 15 is 0 Å². The highest BCUT2D eigenvalue weighted by molar-refractivity contribution is 6.03. The fourth-order valence-corrected chi connectivity index (χ4v) is 4.77. The van der Waals surface area contributed by atoms with Gasteiger partial charge in [-0.15, -0.1) is 4.52 Å². The number of carbonyl (C=O) groups is 2. The van der Waals surface area contributed by atoms with Gasteiger partial charge >= 0.3 is 5.65 Å². The topological polar surface area (TPSA) is 169 Å². The van der Waals surface area contributed by atoms with E-state index in [1.165, 1.54) is 17.0 Å². The number of Topliss-reactive ketones (excluding diaryl/α,β-unsaturated/α-hetero) is 1. The number of ketones is 1. The van der Waals surface area contributed by atoms with E-state index in [1.807, 2.05) is 18.2 Å². The van der Waals surface area contributed by atoms with Gasteiger partial charge in [-0.1, -0.05) is 30.3 Å². The maximum absolute atomic E-state index is 14.1. The second-order valence-electron chi connectivity index (χ2n) is 9.25. The number of para-hydroxylation sites is 1. The molecule has 0 aliphatic heterocycles. The Labute approximate surface area is 226 Å². The summed E-state index contributed by atoms with van der Waals surface area (Å²) in [5.41, 5.74) is 8.24. The van der Waals surface area contributed by atoms with Crippen molar-refractivity contribution in [1.29, 1.82) is 0 Å². The number of nitrogens with zero attached hydrogens (tertiary/aromatic N) is 5. The molecule has 4 aromatic heterocycles. The van der Waals surface area contributed by atoms with E-state index in [0.717, 1.165) is 0 Å². The van der Waals surface area contributed by atoms with Crippen LogP contribution in [0.15, 0.2) is 84.2 Å². The van der Waals surface area contributed by atoms with Crippen LogP contribution in [0.5, 0.6) is 0 Å². The van der Waals surface area contributed by atoms with Gasteiger partial charge in [0.05, 0.1) is 34.4 Å². The predicted octanol–water partition coefficient (Wildman–Crippen LogP) is 2.07. The summed E-state index contributed by atoms with van der Waals surface area (Å²) in [6, 6.07) is 15.2. The van der Waals surface area contributed by atoms with Crippen LogP contribution in [0.25, 0.3) is 22.2 Å². The third-order valence-electron chi connectivity index (χ3n) is 6.64. The van der Waals surface area contributed by atoms with Crippen molar-refractivity contribution in [2.75, 3.05) is 5.73 Å². The zero-order valence-corrected chi connectivity index (χ0v) is 21.3. The normalized spacial score (nSPS) is 12.0. The van der Waals surface area contributed by atoms with Crippen molar-refractivity contribution >= 4 is 34.1 Å². The molecule has 0 aliphatic carbocycles. The number of amides is 1. The van der Waals surface area contributed by atoms with Gasteiger partial charge in [0.15, 0.2) is 17.2 Å². The second-order valence-corrected chi connectivity index (χ2v) is 9.25. The first-order valence-corrected chi connectivity index (χ1v) is 12.5. The summed E-state index contributed by atoms with van der Waals surface area (Å²) in [5, 5.41) is 12.6. The third-order valence-corrected chi connectivity index (χ3v) is 6.64. The van der Waals surface area contributed by atoms with Crippen molar-refractivity contribution in [3.8, 4) is 5.69 Å². The van der Waals surface area contributed by atoms with E-state index in [2.05, 4.69) is 25.6 Å². The number of H-pyrrole nitrogens is 2. The molecule has 40 heavy (non-hydrogen) atoms. The first kappa shape index (κ1) is 24.7. The van der Waals surface area contributed by atoms with Crippen molar-refractivity contribution in [3.63, 3.8) is 0 Å². The largest absolute Gasteiger partial charge is 0.382 e. The molecule has 198 valence electrons. The lowest BCUT2D eigenvalue weighted by molar-refractivity contribution is -0.577. The van der Waals surface area contributed by atoms with Crippen LogP contribution >= 0.6 is 0 Å². The number of hydrogen-bond donors (Lipinski definition) is 4. The number of rotatable bonds is 7. The second kappa shape index (κ2) is 9.91. The Kier molecular flexibility index (Phi) is 6.11. The van der Waals surface area contributed by atoms with Crippen LogP contribution in [0.4, 0.5) is 5.82 Å². The summed E-state index contributed by atoms with van der Waals surface area (Å²) in [7, 11) is 0. The number of aromatic nitrogens is 7. The Bertz CT molecular complexity index is 1940. The lowest BCUT2D eigenvalue weighted by Crippen LogP contribution is -2.34. The van der Waals surface area contributed by atoms with Gasteiger partial charge in [-0.25, -0.2) is 10.1 Å². The van der Waals surface area contributed by atoms with Crippen molar-refractivity contribution < 1.29 is 14.1 Å². The Morgan fingerprint density at radius 1 is 1.12 bits per heavy atom. The Balaban J connectivity index is 1.46. The molecule has 0 bridgehead atoms. The average molecular weight is 535 g/mol. The van der Waals surface area contributed by atoms with E-state index < -0.39 is 11.9 Å². The summed E-state index contributed by atoms with van der Waals surface area (Å²) in [6.45, 7) is 1.74. The minimum atomic E-state index is -0.709. The van der Waals surface area contributed by atoms with Crippen LogP contribution in [-0.2, 0) is 6.42 Å². The molecule has 12 nitrogen and oxygen atoms in total. The van der Waals surface area contributed by atoms with E-state index in [-0.39, 0.29) is 29.1 Å². The van der Waals surface area contributed by atoms with Crippen LogP contribution in [0.2, 0.25) is 0 Å². The number of carbonyl (C=O) groups excluding carboxylic acids is 2. The number of fused-ring (bicyclic) bond motifs is 2. The van der Waals surface area contributed by atoms with E-state index in [1.54, 1.807) is 60.2 Å². The molecule has 6 rings (SSSR count). The minimum absolute atomic E-state index is 0.00126. The maximum Gasteiger partial charge on any atom is 0.362 e. The van der Waals surface area contributed by atoms with Gasteiger partial charge in [-0.05, 0) is 35.7 Å². The molecule has 0 aliphatic rings. The van der Waals surface area contributed by atoms with Gasteiger partial charge in [0.25, 0.3) is 11.5 Å². The average Bonchev–Trinajstić information content (AvgIpc) is 3.61. The summed E-state index contributed by atoms with van der Waals surface area (Å²) in [6.07, 6.45) is 6.23. The molecular weight excluding hydrogens is 510 g/mol. The van der Waals surface area contributed by atoms with Crippen molar-refractivity contribution in [2.24, 2.45) is 0 Å². The highest BCUT2D eigenvalue weighted by atomic mass is 16.2. The van der Waals surface area contributed by atoms with Crippen LogP contribution in [0, 0.1) is 0 Å². The highest BCUT2D eigenvalue weighted by Crippen LogP contribution is 2.22. The third kappa shape index (κ3) is 4.26. The van der Waals surface area contributed by atoms with Crippen LogP contribution < -0.4 is 21.1 Å². The molecule has 12 heteroatoms. The van der Waals surface area contributed by atoms with Gasteiger partial charge in [0, 0.05) is 18.7 Å². The Hall–Kier alpha value is -5.65. The zero-order valence-electron chi connectivity index (χ0n) is 21.3. The molecule has 1 amide bonds. The maximum atomic E-state index is 14.1. The van der Waals surface area contributed by atoms with E-state index in [4.69, 9.17) is 10.7 Å². The van der Waals surface area contributed by atoms with Crippen molar-refractivity contribution in [1.82, 2.24) is 35.1 Å². The minimum Gasteiger partial charge on any atom is -0.382 e. The lowest BCUT2D eigenvalue weighted by atomic mass is 10.0. The van der Waals surface area contributed by atoms with Gasteiger partial charge in [0.2, 0.25) is 0 Å². The fraction of sp³-hybridized carbons (Fsp3) is 0.107. The molecule has 4 heterocycles. The number of aromatic amines is 2. The number of nitrogens with one attached hydrogen (secondary N) is 3. The van der Waals surface area contributed by atoms with Gasteiger partial charge in [-0.3, -0.25) is 24.0 Å². The number of hydrogen-bond acceptors (Lipinski definition) is 7. The molecule has 0 radical (unpaired) electrons. The Morgan fingerprint density at radius 2 is 1.95 bits per heavy atom. The SMILES string of the molecule is CC(NC(=O)c1c(N)[nH][n+]2cccnc12)c1nc2cccc(CC(=O)c3cn[nH]c3)c2c(=O)n1-c1ccccc1. The molecule has 2 aromatic carbocycles. The lowest BCUT2D eigenvalue weighted by Gasteiger charge is -2.20. The number of nitrogens with two attached hydrogens (primary N) is 1. The fourth-order valence-electron chi connectivity index (χ4n) is 4.77. The summed E-state index contributed by atoms with van der Waals surface area (Å²) < 4.78 is 3.01. The first-order valence-electron chi connectivity index (χ1n) is 12.5. The van der Waals surface area contributed by atoms with Crippen molar-refractivity contribution in [3.05, 3.63) is 112 Å². The van der Waals surface area contributed by atoms with Crippen LogP contribution in [0.3, 0.4) is 0 Å². The monoisotopic (exact) mass is 534 g/mol. The van der Waals surface area contributed by atoms with Crippen LogP contribution in [0.1, 0.15) is 45.1 Å². The quantitative estimate of drug-likeness (QED) is 0.179. The standard InChI is InChI=1S/C28H23N9O3/c1-16(33-27(39)23-24(29)35-36-12-6-11-30-26(23)36)25-34-20-10-5-7-17(13-21(38)18-14-31-32-15-18)22(20)28(40)37(25)19-8-3-2-4-9-19/h2-12,14-16H,13H2,1H3,(H4,29,31,32,33,35,38,39)/p+1. The molecule has 1 unspecified atom stereocenters. The molecule has 5 N–H and O–H groups in total. The smallest absolute Gasteiger partial charge is 0.362 e. The Morgan fingerprint density at radius 3 is 2.73 bits per heavy atom. The number of benzene rings is 2. The molecule has 0 fully saturated rings. The van der Waals surface area contributed by atoms with E-state index in [0.29, 0.717) is 39.2 Å². The highest BCUT2D eigenvalue weighted by Gasteiger charge is 2.28. The van der Waals surface area contributed by atoms with Gasteiger partial charge < -0.3 is 11.1 Å². The zero-order chi connectivity index (χ0) is 27.8. The van der Waals surface area contributed by atoms with Crippen LogP contribution in [-0.4, -0.2) is 41.5 Å². The molecule has 0 saturated heterocycles. The first-order chi connectivity index (χ1) is 19.4. The molecule has 6 aromatic rings. The molecular formula is C28H24N9O3+. The molecule has 0 spiro atoms. The number of nitrogen functional groups attached to an aromatic ring is 1. The predicted molar refractivity (Wildman–Crippen MR) is 146 cm³/mol. The molecule has 0 saturated carbocycles. The summed E-state index contributed by atoms with van der Waals surface area (Å²) in [4.78, 5) is 49.5. The van der Waals surface area contributed by atoms with Gasteiger partial charge in [0.1, 0.15) is 18.2 Å². The molecule has 1 atom stereocenters. The summed E-state index contributed by atoms with van der Waals surface area (Å²) in [5.74, 6) is -0.188. The van der Waals surface area contributed by atoms with Gasteiger partial charge in [-0.2, -0.15) is 5.10 Å².